The molecule has 0 atom stereocenters. The molecule has 0 heterocycles. The minimum absolute atomic E-state index is 0.0926. The Kier molecular flexibility index (Phi) is 5.66. The third-order valence-electron chi connectivity index (χ3n) is 1.58. The highest BCUT2D eigenvalue weighted by molar-refractivity contribution is 7.89. The molecule has 0 aromatic heterocycles. The van der Waals surface area contributed by atoms with Crippen LogP contribution in [0.25, 0.3) is 0 Å². The lowest BCUT2D eigenvalue weighted by Crippen LogP contribution is -2.34. The highest BCUT2D eigenvalue weighted by Crippen LogP contribution is 2.00. The number of likely N-dealkylation sites (N-methyl/N-ethyl adjacent to an activating group) is 1. The van der Waals surface area contributed by atoms with E-state index in [9.17, 15) is 13.2 Å². The van der Waals surface area contributed by atoms with Crippen LogP contribution in [0.2, 0.25) is 0 Å². The molecule has 0 saturated heterocycles. The van der Waals surface area contributed by atoms with E-state index in [1.165, 1.54) is 14.2 Å². The lowest BCUT2D eigenvalue weighted by Gasteiger charge is -2.14. The zero-order valence-corrected chi connectivity index (χ0v) is 9.08. The summed E-state index contributed by atoms with van der Waals surface area (Å²) in [6.45, 7) is -0.157. The summed E-state index contributed by atoms with van der Waals surface area (Å²) in [7, 11) is -0.729. The number of methoxy groups -OCH3 is 1. The Labute approximate surface area is 83.5 Å². The molecule has 0 aliphatic carbocycles. The summed E-state index contributed by atoms with van der Waals surface area (Å²) in [5, 5.41) is 8.39. The van der Waals surface area contributed by atoms with E-state index >= 15 is 0 Å². The Balaban J connectivity index is 4.10. The van der Waals surface area contributed by atoms with E-state index in [2.05, 4.69) is 0 Å². The van der Waals surface area contributed by atoms with Crippen LogP contribution in [0.3, 0.4) is 0 Å². The first-order valence-electron chi connectivity index (χ1n) is 4.05. The Hall–Kier alpha value is -0.660. The normalized spacial score (nSPS) is 11.9. The number of carbonyl (C=O) groups is 1. The lowest BCUT2D eigenvalue weighted by molar-refractivity contribution is -0.137. The van der Waals surface area contributed by atoms with Crippen molar-refractivity contribution in [2.45, 2.75) is 6.42 Å². The molecule has 0 aliphatic heterocycles. The molecular weight excluding hydrogens is 210 g/mol. The van der Waals surface area contributed by atoms with Gasteiger partial charge in [0.2, 0.25) is 10.0 Å². The molecule has 0 unspecified atom stereocenters. The number of rotatable bonds is 7. The van der Waals surface area contributed by atoms with Gasteiger partial charge in [0, 0.05) is 20.8 Å². The van der Waals surface area contributed by atoms with E-state index in [0.717, 1.165) is 4.31 Å². The van der Waals surface area contributed by atoms with E-state index < -0.39 is 22.5 Å². The molecule has 0 fully saturated rings. The van der Waals surface area contributed by atoms with E-state index in [1.807, 2.05) is 0 Å². The van der Waals surface area contributed by atoms with E-state index in [-0.39, 0.29) is 5.75 Å². The molecule has 6 nitrogen and oxygen atoms in total. The molecule has 7 heteroatoms. The molecule has 0 amide bonds. The number of nitrogens with zero attached hydrogens (tertiary/aromatic N) is 1. The SMILES string of the molecule is COCCCS(=O)(=O)N(C)CC(=O)O. The Bertz CT molecular complexity index is 274. The van der Waals surface area contributed by atoms with Gasteiger partial charge in [-0.2, -0.15) is 4.31 Å². The highest BCUT2D eigenvalue weighted by Gasteiger charge is 2.19. The molecule has 0 aliphatic rings. The van der Waals surface area contributed by atoms with Gasteiger partial charge in [-0.15, -0.1) is 0 Å². The zero-order valence-electron chi connectivity index (χ0n) is 8.26. The summed E-state index contributed by atoms with van der Waals surface area (Å²) in [4.78, 5) is 10.3. The van der Waals surface area contributed by atoms with Gasteiger partial charge in [0.05, 0.1) is 5.75 Å². The molecular formula is C7H15NO5S. The minimum Gasteiger partial charge on any atom is -0.480 e. The van der Waals surface area contributed by atoms with Crippen molar-refractivity contribution in [3.05, 3.63) is 0 Å². The van der Waals surface area contributed by atoms with Crippen molar-refractivity contribution in [2.24, 2.45) is 0 Å². The van der Waals surface area contributed by atoms with Crippen LogP contribution in [-0.4, -0.2) is 56.9 Å². The van der Waals surface area contributed by atoms with Crippen molar-refractivity contribution in [3.8, 4) is 0 Å². The smallest absolute Gasteiger partial charge is 0.318 e. The standard InChI is InChI=1S/C7H15NO5S/c1-8(6-7(9)10)14(11,12)5-3-4-13-2/h3-6H2,1-2H3,(H,9,10). The van der Waals surface area contributed by atoms with Crippen LogP contribution in [0.4, 0.5) is 0 Å². The Morgan fingerprint density at radius 3 is 2.50 bits per heavy atom. The molecule has 84 valence electrons. The Morgan fingerprint density at radius 1 is 1.50 bits per heavy atom. The number of carboxylic acid groups (broad SMARTS) is 1. The van der Waals surface area contributed by atoms with Crippen molar-refractivity contribution in [3.63, 3.8) is 0 Å². The molecule has 1 N–H and O–H groups in total. The summed E-state index contributed by atoms with van der Waals surface area (Å²) >= 11 is 0. The lowest BCUT2D eigenvalue weighted by atomic mass is 10.5. The van der Waals surface area contributed by atoms with Gasteiger partial charge in [0.15, 0.2) is 0 Å². The molecule has 0 bridgehead atoms. The topological polar surface area (TPSA) is 83.9 Å². The van der Waals surface area contributed by atoms with Gasteiger partial charge in [-0.1, -0.05) is 0 Å². The minimum atomic E-state index is -3.46. The maximum atomic E-state index is 11.3. The van der Waals surface area contributed by atoms with Crippen LogP contribution in [0, 0.1) is 0 Å². The summed E-state index contributed by atoms with van der Waals surface area (Å²) in [6, 6.07) is 0. The van der Waals surface area contributed by atoms with Crippen LogP contribution >= 0.6 is 0 Å². The largest absolute Gasteiger partial charge is 0.480 e. The zero-order chi connectivity index (χ0) is 11.2. The summed E-state index contributed by atoms with van der Waals surface area (Å²) < 4.78 is 28.2. The first kappa shape index (κ1) is 13.3. The van der Waals surface area contributed by atoms with Crippen molar-refractivity contribution < 1.29 is 23.1 Å². The average molecular weight is 225 g/mol. The second kappa shape index (κ2) is 5.94. The summed E-state index contributed by atoms with van der Waals surface area (Å²) in [5.41, 5.74) is 0. The van der Waals surface area contributed by atoms with Gasteiger partial charge >= 0.3 is 5.97 Å². The predicted octanol–water partition coefficient (Wildman–Crippen LogP) is -0.631. The molecule has 0 saturated carbocycles. The van der Waals surface area contributed by atoms with Crippen LogP contribution in [-0.2, 0) is 19.6 Å². The maximum absolute atomic E-state index is 11.3. The van der Waals surface area contributed by atoms with Crippen LogP contribution in [0.15, 0.2) is 0 Å². The average Bonchev–Trinajstić information content (AvgIpc) is 2.03. The number of hydrogen-bond donors (Lipinski definition) is 1. The Morgan fingerprint density at radius 2 is 2.07 bits per heavy atom. The molecule has 0 rings (SSSR count). The predicted molar refractivity (Wildman–Crippen MR) is 50.5 cm³/mol. The summed E-state index contributed by atoms with van der Waals surface area (Å²) in [5.74, 6) is -1.26. The fourth-order valence-electron chi connectivity index (χ4n) is 0.830. The van der Waals surface area contributed by atoms with Crippen LogP contribution in [0.5, 0.6) is 0 Å². The number of ether oxygens (including phenoxy) is 1. The van der Waals surface area contributed by atoms with Crippen LogP contribution in [0.1, 0.15) is 6.42 Å². The number of hydrogen-bond acceptors (Lipinski definition) is 4. The third-order valence-corrected chi connectivity index (χ3v) is 3.47. The van der Waals surface area contributed by atoms with Crippen molar-refractivity contribution >= 4 is 16.0 Å². The van der Waals surface area contributed by atoms with Crippen molar-refractivity contribution in [1.82, 2.24) is 4.31 Å². The second-order valence-electron chi connectivity index (χ2n) is 2.81. The number of carboxylic acids is 1. The van der Waals surface area contributed by atoms with Gasteiger partial charge in [0.1, 0.15) is 6.54 Å². The molecule has 0 aromatic carbocycles. The number of aliphatic carboxylic acids is 1. The van der Waals surface area contributed by atoms with Gasteiger partial charge in [-0.25, -0.2) is 8.42 Å². The van der Waals surface area contributed by atoms with E-state index in [1.54, 1.807) is 0 Å². The maximum Gasteiger partial charge on any atom is 0.318 e. The van der Waals surface area contributed by atoms with Crippen molar-refractivity contribution in [1.29, 1.82) is 0 Å². The first-order chi connectivity index (χ1) is 6.40. The fourth-order valence-corrected chi connectivity index (χ4v) is 1.93. The molecule has 0 spiro atoms. The monoisotopic (exact) mass is 225 g/mol. The van der Waals surface area contributed by atoms with Crippen LogP contribution < -0.4 is 0 Å². The molecule has 0 aromatic rings. The van der Waals surface area contributed by atoms with E-state index in [0.29, 0.717) is 13.0 Å². The van der Waals surface area contributed by atoms with Gasteiger partial charge < -0.3 is 9.84 Å². The second-order valence-corrected chi connectivity index (χ2v) is 5.01. The van der Waals surface area contributed by atoms with Gasteiger partial charge in [-0.05, 0) is 6.42 Å². The molecule has 0 radical (unpaired) electrons. The van der Waals surface area contributed by atoms with Crippen molar-refractivity contribution in [2.75, 3.05) is 33.1 Å². The van der Waals surface area contributed by atoms with Gasteiger partial charge in [0.25, 0.3) is 0 Å². The van der Waals surface area contributed by atoms with E-state index in [4.69, 9.17) is 9.84 Å². The number of sulfonamides is 1. The fraction of sp³-hybridized carbons (Fsp3) is 0.857. The third kappa shape index (κ3) is 5.15. The first-order valence-corrected chi connectivity index (χ1v) is 5.66. The quantitative estimate of drug-likeness (QED) is 0.583. The highest BCUT2D eigenvalue weighted by atomic mass is 32.2. The molecule has 14 heavy (non-hydrogen) atoms. The van der Waals surface area contributed by atoms with Gasteiger partial charge in [-0.3, -0.25) is 4.79 Å². The summed E-state index contributed by atoms with van der Waals surface area (Å²) in [6.07, 6.45) is 0.364.